The number of aromatic amines is 1. The second-order valence-electron chi connectivity index (χ2n) is 6.86. The average Bonchev–Trinajstić information content (AvgIpc) is 3.05. The lowest BCUT2D eigenvalue weighted by molar-refractivity contribution is 0.0660. The molecule has 1 aliphatic rings. The largest absolute Gasteiger partial charge is 0.338 e. The number of likely N-dealkylation sites (tertiary alicyclic amines) is 1. The van der Waals surface area contributed by atoms with Crippen LogP contribution in [0, 0.1) is 18.7 Å². The second-order valence-corrected chi connectivity index (χ2v) is 6.86. The van der Waals surface area contributed by atoms with Crippen LogP contribution in [0.5, 0.6) is 0 Å². The van der Waals surface area contributed by atoms with Gasteiger partial charge < -0.3 is 9.88 Å². The van der Waals surface area contributed by atoms with Gasteiger partial charge in [-0.1, -0.05) is 5.21 Å². The van der Waals surface area contributed by atoms with Crippen molar-refractivity contribution in [2.75, 3.05) is 13.1 Å². The molecule has 0 bridgehead atoms. The van der Waals surface area contributed by atoms with Gasteiger partial charge in [-0.2, -0.15) is 0 Å². The first-order chi connectivity index (χ1) is 13.0. The number of aromatic nitrogens is 5. The molecule has 0 radical (unpaired) electrons. The summed E-state index contributed by atoms with van der Waals surface area (Å²) >= 11 is 0. The number of nitrogens with zero attached hydrogens (tertiary/aromatic N) is 5. The van der Waals surface area contributed by atoms with Gasteiger partial charge in [0.1, 0.15) is 11.6 Å². The standard InChI is InChI=1S/C18H19FN6O2/c1-11-20-16-15(17(26)21-11)22-23-25(16)10-12-3-2-8-24(9-12)18(27)13-4-6-14(19)7-5-13/h4-7,12H,2-3,8-10H2,1H3,(H,20,21,26)/t12-/m0/s1. The van der Waals surface area contributed by atoms with Crippen LogP contribution >= 0.6 is 0 Å². The monoisotopic (exact) mass is 370 g/mol. The molecule has 8 nitrogen and oxygen atoms in total. The van der Waals surface area contributed by atoms with Gasteiger partial charge in [0.15, 0.2) is 11.2 Å². The number of nitrogens with one attached hydrogen (secondary N) is 1. The van der Waals surface area contributed by atoms with Crippen LogP contribution < -0.4 is 5.56 Å². The number of hydrogen-bond donors (Lipinski definition) is 1. The van der Waals surface area contributed by atoms with Crippen LogP contribution in [0.15, 0.2) is 29.1 Å². The lowest BCUT2D eigenvalue weighted by atomic mass is 9.97. The topological polar surface area (TPSA) is 96.8 Å². The van der Waals surface area contributed by atoms with Gasteiger partial charge in [-0.25, -0.2) is 14.1 Å². The van der Waals surface area contributed by atoms with Crippen molar-refractivity contribution in [1.82, 2.24) is 29.9 Å². The Morgan fingerprint density at radius 3 is 2.89 bits per heavy atom. The lowest BCUT2D eigenvalue weighted by Gasteiger charge is -2.32. The maximum Gasteiger partial charge on any atom is 0.281 e. The summed E-state index contributed by atoms with van der Waals surface area (Å²) in [4.78, 5) is 33.3. The van der Waals surface area contributed by atoms with Gasteiger partial charge in [0.05, 0.1) is 0 Å². The minimum atomic E-state index is -0.362. The smallest absolute Gasteiger partial charge is 0.281 e. The van der Waals surface area contributed by atoms with Crippen molar-refractivity contribution in [3.63, 3.8) is 0 Å². The van der Waals surface area contributed by atoms with Gasteiger partial charge >= 0.3 is 0 Å². The van der Waals surface area contributed by atoms with Gasteiger partial charge in [-0.05, 0) is 49.9 Å². The van der Waals surface area contributed by atoms with Crippen LogP contribution in [0.25, 0.3) is 11.2 Å². The van der Waals surface area contributed by atoms with Crippen LogP contribution in [-0.2, 0) is 6.54 Å². The molecule has 3 heterocycles. The molecule has 27 heavy (non-hydrogen) atoms. The molecule has 4 rings (SSSR count). The fraction of sp³-hybridized carbons (Fsp3) is 0.389. The number of H-pyrrole nitrogens is 1. The van der Waals surface area contributed by atoms with E-state index in [1.165, 1.54) is 24.3 Å². The van der Waals surface area contributed by atoms with Gasteiger partial charge in [-0.3, -0.25) is 9.59 Å². The zero-order valence-corrected chi connectivity index (χ0v) is 14.9. The molecule has 0 unspecified atom stereocenters. The quantitative estimate of drug-likeness (QED) is 0.754. The van der Waals surface area contributed by atoms with E-state index in [0.717, 1.165) is 12.8 Å². The third-order valence-corrected chi connectivity index (χ3v) is 4.82. The first kappa shape index (κ1) is 17.3. The van der Waals surface area contributed by atoms with Crippen LogP contribution in [-0.4, -0.2) is 48.9 Å². The summed E-state index contributed by atoms with van der Waals surface area (Å²) in [7, 11) is 0. The van der Waals surface area contributed by atoms with E-state index in [2.05, 4.69) is 20.3 Å². The molecule has 3 aromatic rings. The molecule has 1 fully saturated rings. The Kier molecular flexibility index (Phi) is 4.43. The van der Waals surface area contributed by atoms with E-state index >= 15 is 0 Å². The summed E-state index contributed by atoms with van der Waals surface area (Å²) in [6.45, 7) is 3.48. The maximum absolute atomic E-state index is 13.1. The Morgan fingerprint density at radius 1 is 1.33 bits per heavy atom. The second kappa shape index (κ2) is 6.90. The molecule has 9 heteroatoms. The van der Waals surface area contributed by atoms with Crippen LogP contribution in [0.3, 0.4) is 0 Å². The van der Waals surface area contributed by atoms with Crippen molar-refractivity contribution in [1.29, 1.82) is 0 Å². The van der Waals surface area contributed by atoms with Gasteiger partial charge in [0.25, 0.3) is 11.5 Å². The first-order valence-corrected chi connectivity index (χ1v) is 8.86. The van der Waals surface area contributed by atoms with Crippen molar-refractivity contribution in [2.45, 2.75) is 26.3 Å². The molecule has 0 saturated carbocycles. The maximum atomic E-state index is 13.1. The molecule has 1 N–H and O–H groups in total. The van der Waals surface area contributed by atoms with Crippen molar-refractivity contribution in [3.8, 4) is 0 Å². The van der Waals surface area contributed by atoms with Gasteiger partial charge in [0, 0.05) is 25.2 Å². The molecule has 0 spiro atoms. The van der Waals surface area contributed by atoms with Crippen LogP contribution in [0.1, 0.15) is 29.0 Å². The van der Waals surface area contributed by atoms with Crippen molar-refractivity contribution in [3.05, 3.63) is 51.8 Å². The Balaban J connectivity index is 1.51. The molecule has 2 aromatic heterocycles. The predicted octanol–water partition coefficient (Wildman–Crippen LogP) is 1.51. The van der Waals surface area contributed by atoms with E-state index in [1.807, 2.05) is 0 Å². The molecule has 1 aliphatic heterocycles. The molecular formula is C18H19FN6O2. The Hall–Kier alpha value is -3.10. The number of benzene rings is 1. The molecule has 1 amide bonds. The van der Waals surface area contributed by atoms with E-state index < -0.39 is 0 Å². The highest BCUT2D eigenvalue weighted by atomic mass is 19.1. The lowest BCUT2D eigenvalue weighted by Crippen LogP contribution is -2.41. The Morgan fingerprint density at radius 2 is 2.11 bits per heavy atom. The number of piperidine rings is 1. The summed E-state index contributed by atoms with van der Waals surface area (Å²) in [5.74, 6) is 0.217. The average molecular weight is 370 g/mol. The van der Waals surface area contributed by atoms with Gasteiger partial charge in [0.2, 0.25) is 0 Å². The van der Waals surface area contributed by atoms with E-state index in [1.54, 1.807) is 16.5 Å². The number of rotatable bonds is 3. The highest BCUT2D eigenvalue weighted by Crippen LogP contribution is 2.21. The summed E-state index contributed by atoms with van der Waals surface area (Å²) in [5.41, 5.74) is 0.849. The number of amides is 1. The van der Waals surface area contributed by atoms with Crippen molar-refractivity contribution < 1.29 is 9.18 Å². The SMILES string of the molecule is Cc1nc2c(nnn2C[C@H]2CCCN(C(=O)c3ccc(F)cc3)C2)c(=O)[nH]1. The minimum absolute atomic E-state index is 0.103. The van der Waals surface area contributed by atoms with Crippen LogP contribution in [0.4, 0.5) is 4.39 Å². The fourth-order valence-corrected chi connectivity index (χ4v) is 3.52. The Labute approximate surface area is 154 Å². The normalized spacial score (nSPS) is 17.4. The zero-order chi connectivity index (χ0) is 19.0. The van der Waals surface area contributed by atoms with E-state index in [4.69, 9.17) is 0 Å². The zero-order valence-electron chi connectivity index (χ0n) is 14.9. The fourth-order valence-electron chi connectivity index (χ4n) is 3.52. The molecule has 1 saturated heterocycles. The van der Waals surface area contributed by atoms with E-state index in [9.17, 15) is 14.0 Å². The highest BCUT2D eigenvalue weighted by molar-refractivity contribution is 5.94. The third-order valence-electron chi connectivity index (χ3n) is 4.82. The predicted molar refractivity (Wildman–Crippen MR) is 95.7 cm³/mol. The minimum Gasteiger partial charge on any atom is -0.338 e. The number of hydrogen-bond acceptors (Lipinski definition) is 5. The summed E-state index contributed by atoms with van der Waals surface area (Å²) < 4.78 is 14.7. The summed E-state index contributed by atoms with van der Waals surface area (Å²) in [6, 6.07) is 5.60. The molecule has 140 valence electrons. The molecule has 1 aromatic carbocycles. The van der Waals surface area contributed by atoms with E-state index in [-0.39, 0.29) is 28.7 Å². The van der Waals surface area contributed by atoms with Crippen LogP contribution in [0.2, 0.25) is 0 Å². The Bertz CT molecular complexity index is 1040. The van der Waals surface area contributed by atoms with Gasteiger partial charge in [-0.15, -0.1) is 5.10 Å². The number of carbonyl (C=O) groups excluding carboxylic acids is 1. The molecular weight excluding hydrogens is 351 g/mol. The highest BCUT2D eigenvalue weighted by Gasteiger charge is 2.26. The van der Waals surface area contributed by atoms with Crippen molar-refractivity contribution >= 4 is 17.1 Å². The number of carbonyl (C=O) groups is 1. The molecule has 0 aliphatic carbocycles. The van der Waals surface area contributed by atoms with Crippen molar-refractivity contribution in [2.24, 2.45) is 5.92 Å². The number of aryl methyl sites for hydroxylation is 1. The van der Waals surface area contributed by atoms with E-state index in [0.29, 0.717) is 36.7 Å². The molecule has 1 atom stereocenters. The summed E-state index contributed by atoms with van der Waals surface area (Å²) in [5, 5.41) is 7.99. The first-order valence-electron chi connectivity index (χ1n) is 8.86. The number of fused-ring (bicyclic) bond motifs is 1. The number of halogens is 1. The third kappa shape index (κ3) is 3.44. The summed E-state index contributed by atoms with van der Waals surface area (Å²) in [6.07, 6.45) is 1.81.